The van der Waals surface area contributed by atoms with Crippen LogP contribution in [-0.4, -0.2) is 81.7 Å². The number of fused-ring (bicyclic) bond motifs is 1. The van der Waals surface area contributed by atoms with Crippen LogP contribution in [0.5, 0.6) is 28.7 Å². The number of Topliss-reactive ketones (excluding diaryl/α,β-unsaturated/α-hetero) is 1. The van der Waals surface area contributed by atoms with Crippen molar-refractivity contribution in [1.29, 1.82) is 0 Å². The van der Waals surface area contributed by atoms with Gasteiger partial charge in [0.15, 0.2) is 17.3 Å². The number of esters is 1. The number of phenolic OH excluding ortho intramolecular Hbond substituents is 2. The summed E-state index contributed by atoms with van der Waals surface area (Å²) in [6.45, 7) is 0.762. The maximum absolute atomic E-state index is 12.8. The van der Waals surface area contributed by atoms with Gasteiger partial charge in [-0.3, -0.25) is 9.59 Å². The Kier molecular flexibility index (Phi) is 7.22. The van der Waals surface area contributed by atoms with Crippen LogP contribution in [0.2, 0.25) is 0 Å². The molecule has 194 valence electrons. The lowest BCUT2D eigenvalue weighted by molar-refractivity contribution is -0.278. The van der Waals surface area contributed by atoms with E-state index in [1.807, 2.05) is 0 Å². The smallest absolute Gasteiger partial charge is 0.302 e. The molecule has 4 rings (SSSR count). The molecular formula is C24H26O12. The van der Waals surface area contributed by atoms with Gasteiger partial charge in [-0.05, 0) is 17.7 Å². The minimum Gasteiger partial charge on any atom is -0.507 e. The number of aliphatic hydroxyl groups excluding tert-OH is 3. The molecule has 0 saturated carbocycles. The van der Waals surface area contributed by atoms with Gasteiger partial charge in [-0.2, -0.15) is 0 Å². The van der Waals surface area contributed by atoms with E-state index in [1.54, 1.807) is 6.07 Å². The number of phenols is 2. The summed E-state index contributed by atoms with van der Waals surface area (Å²) >= 11 is 0. The predicted octanol–water partition coefficient (Wildman–Crippen LogP) is 0.562. The molecule has 0 spiro atoms. The highest BCUT2D eigenvalue weighted by atomic mass is 16.7. The van der Waals surface area contributed by atoms with Crippen LogP contribution in [-0.2, 0) is 14.3 Å². The number of carbonyl (C=O) groups excluding carboxylic acids is 2. The lowest BCUT2D eigenvalue weighted by Crippen LogP contribution is -2.60. The first-order chi connectivity index (χ1) is 17.1. The van der Waals surface area contributed by atoms with Crippen molar-refractivity contribution in [2.45, 2.75) is 50.2 Å². The van der Waals surface area contributed by atoms with Crippen molar-refractivity contribution in [2.75, 3.05) is 13.7 Å². The first-order valence-electron chi connectivity index (χ1n) is 11.0. The Labute approximate surface area is 205 Å². The molecule has 0 aromatic heterocycles. The van der Waals surface area contributed by atoms with Crippen LogP contribution >= 0.6 is 0 Å². The molecule has 12 nitrogen and oxygen atoms in total. The number of aromatic hydroxyl groups is 2. The fourth-order valence-electron chi connectivity index (χ4n) is 4.05. The third-order valence-corrected chi connectivity index (χ3v) is 5.92. The molecule has 2 heterocycles. The minimum atomic E-state index is -1.69. The largest absolute Gasteiger partial charge is 0.507 e. The van der Waals surface area contributed by atoms with Crippen LogP contribution in [0.15, 0.2) is 30.3 Å². The molecular weight excluding hydrogens is 480 g/mol. The van der Waals surface area contributed by atoms with E-state index in [0.717, 1.165) is 13.0 Å². The van der Waals surface area contributed by atoms with Crippen molar-refractivity contribution in [1.82, 2.24) is 0 Å². The van der Waals surface area contributed by atoms with Gasteiger partial charge in [0, 0.05) is 19.1 Å². The summed E-state index contributed by atoms with van der Waals surface area (Å²) in [6.07, 6.45) is -8.47. The van der Waals surface area contributed by atoms with E-state index in [-0.39, 0.29) is 35.0 Å². The second kappa shape index (κ2) is 10.2. The Bertz CT molecular complexity index is 1150. The summed E-state index contributed by atoms with van der Waals surface area (Å²) in [4.78, 5) is 23.9. The van der Waals surface area contributed by atoms with Gasteiger partial charge in [-0.25, -0.2) is 0 Å². The second-order valence-corrected chi connectivity index (χ2v) is 8.42. The normalized spacial score (nSPS) is 27.5. The Morgan fingerprint density at radius 1 is 1.06 bits per heavy atom. The summed E-state index contributed by atoms with van der Waals surface area (Å²) in [6, 6.07) is 6.94. The van der Waals surface area contributed by atoms with E-state index in [0.29, 0.717) is 5.56 Å². The molecule has 2 aliphatic rings. The number of benzene rings is 2. The average Bonchev–Trinajstić information content (AvgIpc) is 2.83. The van der Waals surface area contributed by atoms with Crippen LogP contribution in [0.25, 0.3) is 0 Å². The zero-order valence-electron chi connectivity index (χ0n) is 19.4. The molecule has 0 radical (unpaired) electrons. The van der Waals surface area contributed by atoms with Gasteiger partial charge in [-0.1, -0.05) is 6.07 Å². The summed E-state index contributed by atoms with van der Waals surface area (Å²) in [5.74, 6) is -1.42. The fourth-order valence-corrected chi connectivity index (χ4v) is 4.05. The first-order valence-corrected chi connectivity index (χ1v) is 11.0. The second-order valence-electron chi connectivity index (χ2n) is 8.42. The number of methoxy groups -OCH3 is 1. The highest BCUT2D eigenvalue weighted by molar-refractivity contribution is 6.02. The Balaban J connectivity index is 1.57. The van der Waals surface area contributed by atoms with Crippen LogP contribution in [0.1, 0.15) is 35.4 Å². The Morgan fingerprint density at radius 2 is 1.81 bits per heavy atom. The van der Waals surface area contributed by atoms with E-state index in [1.165, 1.54) is 25.3 Å². The van der Waals surface area contributed by atoms with E-state index in [4.69, 9.17) is 23.7 Å². The number of rotatable bonds is 6. The van der Waals surface area contributed by atoms with Gasteiger partial charge >= 0.3 is 5.97 Å². The van der Waals surface area contributed by atoms with Crippen molar-refractivity contribution in [3.05, 3.63) is 41.5 Å². The lowest BCUT2D eigenvalue weighted by atomic mass is 9.95. The lowest BCUT2D eigenvalue weighted by Gasteiger charge is -2.40. The van der Waals surface area contributed by atoms with E-state index >= 15 is 0 Å². The van der Waals surface area contributed by atoms with Gasteiger partial charge in [0.2, 0.25) is 6.29 Å². The van der Waals surface area contributed by atoms with Crippen molar-refractivity contribution in [2.24, 2.45) is 0 Å². The maximum atomic E-state index is 12.8. The Morgan fingerprint density at radius 3 is 2.50 bits per heavy atom. The topological polar surface area (TPSA) is 181 Å². The minimum absolute atomic E-state index is 0.000590. The summed E-state index contributed by atoms with van der Waals surface area (Å²) < 4.78 is 27.0. The average molecular weight is 506 g/mol. The zero-order chi connectivity index (χ0) is 26.1. The fraction of sp³-hybridized carbons (Fsp3) is 0.417. The van der Waals surface area contributed by atoms with Crippen molar-refractivity contribution < 1.29 is 58.8 Å². The molecule has 0 bridgehead atoms. The van der Waals surface area contributed by atoms with Crippen LogP contribution < -0.4 is 14.2 Å². The third kappa shape index (κ3) is 5.02. The van der Waals surface area contributed by atoms with E-state index in [9.17, 15) is 35.1 Å². The maximum Gasteiger partial charge on any atom is 0.302 e. The SMILES string of the molecule is COc1cc([C@@H]2CC(=O)c3c(O)cc(O[C@@H]4O[C@@H](COC(C)=O)[C@H](O)[C@H](O)[C@H]4O)cc3O2)ccc1O. The molecule has 2 aromatic carbocycles. The number of hydrogen-bond acceptors (Lipinski definition) is 12. The molecule has 1 fully saturated rings. The highest BCUT2D eigenvalue weighted by Gasteiger charge is 2.45. The summed E-state index contributed by atoms with van der Waals surface area (Å²) in [5.41, 5.74) is 0.489. The monoisotopic (exact) mass is 506 g/mol. The van der Waals surface area contributed by atoms with Gasteiger partial charge in [0.25, 0.3) is 0 Å². The molecule has 2 aromatic rings. The number of ether oxygens (including phenoxy) is 5. The van der Waals surface area contributed by atoms with Crippen molar-refractivity contribution >= 4 is 11.8 Å². The quantitative estimate of drug-likeness (QED) is 0.344. The highest BCUT2D eigenvalue weighted by Crippen LogP contribution is 2.43. The molecule has 6 atom stereocenters. The number of hydrogen-bond donors (Lipinski definition) is 5. The number of ketones is 1. The standard InChI is InChI=1S/C24H26O12/c1-10(25)33-9-19-21(29)22(30)23(31)24(36-19)34-12-6-14(27)20-15(28)8-16(35-18(20)7-12)11-3-4-13(26)17(5-11)32-2/h3-7,16,19,21-24,26-27,29-31H,8-9H2,1-2H3/t16-,19-,21-,22-,23+,24+/m0/s1. The molecule has 0 unspecified atom stereocenters. The van der Waals surface area contributed by atoms with Gasteiger partial charge < -0.3 is 49.2 Å². The van der Waals surface area contributed by atoms with Crippen molar-refractivity contribution in [3.63, 3.8) is 0 Å². The third-order valence-electron chi connectivity index (χ3n) is 5.92. The number of carbonyl (C=O) groups is 2. The van der Waals surface area contributed by atoms with Crippen LogP contribution in [0.4, 0.5) is 0 Å². The predicted molar refractivity (Wildman–Crippen MR) is 119 cm³/mol. The molecule has 1 saturated heterocycles. The van der Waals surface area contributed by atoms with Gasteiger partial charge in [0.1, 0.15) is 59.9 Å². The molecule has 5 N–H and O–H groups in total. The Hall–Kier alpha value is -3.58. The molecule has 12 heteroatoms. The molecule has 0 aliphatic carbocycles. The van der Waals surface area contributed by atoms with Gasteiger partial charge in [0.05, 0.1) is 13.5 Å². The molecule has 0 amide bonds. The summed E-state index contributed by atoms with van der Waals surface area (Å²) in [7, 11) is 1.39. The molecule has 36 heavy (non-hydrogen) atoms. The summed E-state index contributed by atoms with van der Waals surface area (Å²) in [5, 5.41) is 51.0. The van der Waals surface area contributed by atoms with Crippen LogP contribution in [0, 0.1) is 0 Å². The van der Waals surface area contributed by atoms with E-state index in [2.05, 4.69) is 0 Å². The first kappa shape index (κ1) is 25.5. The van der Waals surface area contributed by atoms with Crippen LogP contribution in [0.3, 0.4) is 0 Å². The molecule has 2 aliphatic heterocycles. The van der Waals surface area contributed by atoms with Gasteiger partial charge in [-0.15, -0.1) is 0 Å². The zero-order valence-corrected chi connectivity index (χ0v) is 19.4. The number of aliphatic hydroxyl groups is 3. The van der Waals surface area contributed by atoms with Crippen molar-refractivity contribution in [3.8, 4) is 28.7 Å². The van der Waals surface area contributed by atoms with E-state index < -0.39 is 60.9 Å².